The number of amides is 1. The van der Waals surface area contributed by atoms with E-state index in [-0.39, 0.29) is 23.7 Å². The summed E-state index contributed by atoms with van der Waals surface area (Å²) < 4.78 is 30.7. The Bertz CT molecular complexity index is 730. The van der Waals surface area contributed by atoms with Crippen LogP contribution in [0.5, 0.6) is 5.75 Å². The Hall–Kier alpha value is -1.80. The molecule has 2 unspecified atom stereocenters. The molecule has 2 N–H and O–H groups in total. The Balaban J connectivity index is 2.28. The Morgan fingerprint density at radius 2 is 2.15 bits per heavy atom. The van der Waals surface area contributed by atoms with Gasteiger partial charge in [0.05, 0.1) is 24.1 Å². The van der Waals surface area contributed by atoms with Crippen molar-refractivity contribution in [3.63, 3.8) is 0 Å². The highest BCUT2D eigenvalue weighted by Crippen LogP contribution is 2.26. The summed E-state index contributed by atoms with van der Waals surface area (Å²) in [6.07, 6.45) is 2.96. The number of rotatable bonds is 8. The van der Waals surface area contributed by atoms with Crippen molar-refractivity contribution in [1.82, 2.24) is 10.6 Å². The predicted octanol–water partition coefficient (Wildman–Crippen LogP) is 1.74. The maximum Gasteiger partial charge on any atom is 0.255 e. The SMILES string of the molecule is CCC(NC(=O)c1cc(N(C)S(=O)(=O)CC)ccc1OC)C1CCCN1. The van der Waals surface area contributed by atoms with Crippen molar-refractivity contribution in [3.05, 3.63) is 23.8 Å². The van der Waals surface area contributed by atoms with Crippen molar-refractivity contribution in [2.75, 3.05) is 30.8 Å². The van der Waals surface area contributed by atoms with Gasteiger partial charge in [0.25, 0.3) is 5.91 Å². The van der Waals surface area contributed by atoms with Gasteiger partial charge in [-0.05, 0) is 50.9 Å². The van der Waals surface area contributed by atoms with Crippen LogP contribution in [-0.4, -0.2) is 52.9 Å². The molecule has 1 aliphatic heterocycles. The maximum atomic E-state index is 12.9. The first kappa shape index (κ1) is 20.5. The molecule has 1 amide bonds. The highest BCUT2D eigenvalue weighted by atomic mass is 32.2. The molecule has 1 aromatic rings. The Labute approximate surface area is 156 Å². The number of methoxy groups -OCH3 is 1. The number of nitrogens with one attached hydrogen (secondary N) is 2. The number of hydrogen-bond donors (Lipinski definition) is 2. The van der Waals surface area contributed by atoms with Gasteiger partial charge in [-0.15, -0.1) is 0 Å². The molecule has 0 bridgehead atoms. The number of carbonyl (C=O) groups excluding carboxylic acids is 1. The van der Waals surface area contributed by atoms with E-state index in [0.717, 1.165) is 25.8 Å². The van der Waals surface area contributed by atoms with E-state index in [2.05, 4.69) is 10.6 Å². The third-order valence-corrected chi connectivity index (χ3v) is 6.69. The second-order valence-corrected chi connectivity index (χ2v) is 8.73. The van der Waals surface area contributed by atoms with Gasteiger partial charge in [-0.1, -0.05) is 6.92 Å². The molecule has 7 nitrogen and oxygen atoms in total. The summed E-state index contributed by atoms with van der Waals surface area (Å²) in [5, 5.41) is 6.49. The molecule has 8 heteroatoms. The number of sulfonamides is 1. The summed E-state index contributed by atoms with van der Waals surface area (Å²) in [5.74, 6) is 0.150. The quantitative estimate of drug-likeness (QED) is 0.714. The number of anilines is 1. The summed E-state index contributed by atoms with van der Waals surface area (Å²) in [7, 11) is -0.423. The van der Waals surface area contributed by atoms with Crippen molar-refractivity contribution < 1.29 is 17.9 Å². The average Bonchev–Trinajstić information content (AvgIpc) is 3.19. The van der Waals surface area contributed by atoms with Crippen LogP contribution in [0.4, 0.5) is 5.69 Å². The van der Waals surface area contributed by atoms with Gasteiger partial charge in [0.1, 0.15) is 5.75 Å². The predicted molar refractivity (Wildman–Crippen MR) is 103 cm³/mol. The topological polar surface area (TPSA) is 87.7 Å². The summed E-state index contributed by atoms with van der Waals surface area (Å²) in [5.41, 5.74) is 0.768. The number of benzene rings is 1. The Morgan fingerprint density at radius 1 is 1.42 bits per heavy atom. The van der Waals surface area contributed by atoms with Crippen LogP contribution >= 0.6 is 0 Å². The van der Waals surface area contributed by atoms with Gasteiger partial charge in [-0.3, -0.25) is 9.10 Å². The normalized spacial score (nSPS) is 18.4. The lowest BCUT2D eigenvalue weighted by Crippen LogP contribution is -2.47. The van der Waals surface area contributed by atoms with Crippen LogP contribution in [0.3, 0.4) is 0 Å². The van der Waals surface area contributed by atoms with E-state index in [1.54, 1.807) is 25.1 Å². The minimum atomic E-state index is -3.40. The Morgan fingerprint density at radius 3 is 2.69 bits per heavy atom. The molecule has 1 aliphatic rings. The van der Waals surface area contributed by atoms with Crippen molar-refractivity contribution in [2.45, 2.75) is 45.2 Å². The van der Waals surface area contributed by atoms with Crippen molar-refractivity contribution >= 4 is 21.6 Å². The van der Waals surface area contributed by atoms with Crippen molar-refractivity contribution in [2.24, 2.45) is 0 Å². The van der Waals surface area contributed by atoms with Crippen LogP contribution in [0.25, 0.3) is 0 Å². The molecule has 1 saturated heterocycles. The highest BCUT2D eigenvalue weighted by Gasteiger charge is 2.26. The standard InChI is InChI=1S/C18H29N3O4S/c1-5-15(16-8-7-11-19-16)20-18(22)14-12-13(9-10-17(14)25-4)21(3)26(23,24)6-2/h9-10,12,15-16,19H,5-8,11H2,1-4H3,(H,20,22). The average molecular weight is 384 g/mol. The molecule has 2 rings (SSSR count). The van der Waals surface area contributed by atoms with Crippen LogP contribution in [0.2, 0.25) is 0 Å². The third-order valence-electron chi connectivity index (χ3n) is 4.91. The van der Waals surface area contributed by atoms with Gasteiger partial charge >= 0.3 is 0 Å². The molecule has 146 valence electrons. The molecule has 1 fully saturated rings. The van der Waals surface area contributed by atoms with Crippen LogP contribution in [0.15, 0.2) is 18.2 Å². The highest BCUT2D eigenvalue weighted by molar-refractivity contribution is 7.92. The first-order chi connectivity index (χ1) is 12.3. The number of carbonyl (C=O) groups is 1. The zero-order chi connectivity index (χ0) is 19.3. The third kappa shape index (κ3) is 4.48. The molecule has 0 saturated carbocycles. The lowest BCUT2D eigenvalue weighted by molar-refractivity contribution is 0.0924. The van der Waals surface area contributed by atoms with E-state index in [4.69, 9.17) is 4.74 Å². The molecule has 2 atom stereocenters. The number of nitrogens with zero attached hydrogens (tertiary/aromatic N) is 1. The summed E-state index contributed by atoms with van der Waals surface area (Å²) in [6, 6.07) is 5.12. The van der Waals surface area contributed by atoms with Gasteiger partial charge in [0, 0.05) is 19.1 Å². The van der Waals surface area contributed by atoms with Gasteiger partial charge in [0.2, 0.25) is 10.0 Å². The van der Waals surface area contributed by atoms with E-state index < -0.39 is 10.0 Å². The second-order valence-electron chi connectivity index (χ2n) is 6.44. The van der Waals surface area contributed by atoms with E-state index in [0.29, 0.717) is 17.0 Å². The molecule has 0 aromatic heterocycles. The smallest absolute Gasteiger partial charge is 0.255 e. The lowest BCUT2D eigenvalue weighted by Gasteiger charge is -2.25. The first-order valence-electron chi connectivity index (χ1n) is 9.02. The summed E-state index contributed by atoms with van der Waals surface area (Å²) in [6.45, 7) is 4.60. The zero-order valence-corrected chi connectivity index (χ0v) is 16.7. The second kappa shape index (κ2) is 8.73. The van der Waals surface area contributed by atoms with Crippen LogP contribution in [0, 0.1) is 0 Å². The van der Waals surface area contributed by atoms with Gasteiger partial charge in [-0.2, -0.15) is 0 Å². The fraction of sp³-hybridized carbons (Fsp3) is 0.611. The molecule has 1 aromatic carbocycles. The fourth-order valence-corrected chi connectivity index (χ4v) is 4.03. The monoisotopic (exact) mass is 383 g/mol. The van der Waals surface area contributed by atoms with E-state index in [1.165, 1.54) is 18.5 Å². The number of hydrogen-bond acceptors (Lipinski definition) is 5. The molecule has 0 aliphatic carbocycles. The zero-order valence-electron chi connectivity index (χ0n) is 15.9. The molecular weight excluding hydrogens is 354 g/mol. The molecular formula is C18H29N3O4S. The molecule has 0 spiro atoms. The molecule has 26 heavy (non-hydrogen) atoms. The van der Waals surface area contributed by atoms with E-state index >= 15 is 0 Å². The molecule has 0 radical (unpaired) electrons. The van der Waals surface area contributed by atoms with Gasteiger partial charge in [-0.25, -0.2) is 8.42 Å². The lowest BCUT2D eigenvalue weighted by atomic mass is 10.0. The largest absolute Gasteiger partial charge is 0.496 e. The van der Waals surface area contributed by atoms with Crippen LogP contribution in [0.1, 0.15) is 43.5 Å². The van der Waals surface area contributed by atoms with E-state index in [1.807, 2.05) is 6.92 Å². The fourth-order valence-electron chi connectivity index (χ4n) is 3.21. The van der Waals surface area contributed by atoms with Crippen LogP contribution < -0.4 is 19.7 Å². The minimum Gasteiger partial charge on any atom is -0.496 e. The van der Waals surface area contributed by atoms with Gasteiger partial charge in [0.15, 0.2) is 0 Å². The van der Waals surface area contributed by atoms with Crippen molar-refractivity contribution in [1.29, 1.82) is 0 Å². The number of ether oxygens (including phenoxy) is 1. The maximum absolute atomic E-state index is 12.9. The molecule has 1 heterocycles. The van der Waals surface area contributed by atoms with Crippen LogP contribution in [-0.2, 0) is 10.0 Å². The minimum absolute atomic E-state index is 0.0116. The summed E-state index contributed by atoms with van der Waals surface area (Å²) in [4.78, 5) is 12.9. The van der Waals surface area contributed by atoms with Crippen molar-refractivity contribution in [3.8, 4) is 5.75 Å². The first-order valence-corrected chi connectivity index (χ1v) is 10.6. The Kier molecular flexibility index (Phi) is 6.88. The summed E-state index contributed by atoms with van der Waals surface area (Å²) >= 11 is 0. The van der Waals surface area contributed by atoms with E-state index in [9.17, 15) is 13.2 Å². The van der Waals surface area contributed by atoms with Gasteiger partial charge < -0.3 is 15.4 Å².